The Morgan fingerprint density at radius 3 is 2.55 bits per heavy atom. The second-order valence-corrected chi connectivity index (χ2v) is 7.26. The van der Waals surface area contributed by atoms with Crippen LogP contribution in [0.3, 0.4) is 0 Å². The molecule has 2 rings (SSSR count). The van der Waals surface area contributed by atoms with Crippen LogP contribution < -0.4 is 5.73 Å². The lowest BCUT2D eigenvalue weighted by molar-refractivity contribution is 0.794. The Labute approximate surface area is 140 Å². The molecule has 0 spiro atoms. The van der Waals surface area contributed by atoms with Gasteiger partial charge in [0.25, 0.3) is 0 Å². The molecule has 3 nitrogen and oxygen atoms in total. The molecule has 0 saturated heterocycles. The van der Waals surface area contributed by atoms with Crippen LogP contribution in [0, 0.1) is 0 Å². The molecule has 0 aliphatic rings. The van der Waals surface area contributed by atoms with Crippen molar-refractivity contribution < 1.29 is 0 Å². The van der Waals surface area contributed by atoms with Crippen LogP contribution in [0.2, 0.25) is 0 Å². The molecule has 0 radical (unpaired) electrons. The van der Waals surface area contributed by atoms with Crippen molar-refractivity contribution in [2.75, 3.05) is 5.73 Å². The van der Waals surface area contributed by atoms with Crippen LogP contribution in [-0.4, -0.2) is 9.97 Å². The molecule has 0 unspecified atom stereocenters. The first kappa shape index (κ1) is 15.8. The molecular weight excluding hydrogens is 402 g/mol. The van der Waals surface area contributed by atoms with Crippen LogP contribution in [0.15, 0.2) is 38.1 Å². The summed E-state index contributed by atoms with van der Waals surface area (Å²) < 4.78 is 1.89. The van der Waals surface area contributed by atoms with Gasteiger partial charge in [-0.15, -0.1) is 11.8 Å². The van der Waals surface area contributed by atoms with Gasteiger partial charge in [-0.1, -0.05) is 26.0 Å². The van der Waals surface area contributed by atoms with Crippen LogP contribution in [0.25, 0.3) is 0 Å². The molecule has 0 fully saturated rings. The lowest BCUT2D eigenvalue weighted by Gasteiger charge is -2.11. The molecule has 0 aliphatic carbocycles. The number of nitrogens with zero attached hydrogens (tertiary/aromatic N) is 2. The lowest BCUT2D eigenvalue weighted by Crippen LogP contribution is -2.06. The van der Waals surface area contributed by atoms with Crippen LogP contribution >= 0.6 is 43.6 Å². The number of hydrogen-bond acceptors (Lipinski definition) is 4. The van der Waals surface area contributed by atoms with Gasteiger partial charge in [0, 0.05) is 9.37 Å². The summed E-state index contributed by atoms with van der Waals surface area (Å²) in [5.74, 6) is 2.27. The van der Waals surface area contributed by atoms with Gasteiger partial charge in [-0.25, -0.2) is 9.97 Å². The van der Waals surface area contributed by atoms with E-state index in [9.17, 15) is 0 Å². The molecule has 2 N–H and O–H groups in total. The average Bonchev–Trinajstić information content (AvgIpc) is 2.41. The van der Waals surface area contributed by atoms with E-state index in [0.29, 0.717) is 17.5 Å². The minimum absolute atomic E-state index is 0.307. The highest BCUT2D eigenvalue weighted by atomic mass is 79.9. The maximum absolute atomic E-state index is 5.94. The van der Waals surface area contributed by atoms with Gasteiger partial charge < -0.3 is 5.73 Å². The highest BCUT2D eigenvalue weighted by molar-refractivity contribution is 9.11. The predicted octanol–water partition coefficient (Wildman–Crippen LogP) is 5.00. The zero-order valence-electron chi connectivity index (χ0n) is 11.2. The molecular formula is C14H15Br2N3S. The fourth-order valence-corrected chi connectivity index (χ4v) is 3.74. The molecule has 106 valence electrons. The molecule has 1 aromatic heterocycles. The van der Waals surface area contributed by atoms with Crippen molar-refractivity contribution >= 4 is 49.4 Å². The SMILES string of the molecule is CC(C)c1nc(CSc2ccccc2Br)nc(N)c1Br. The van der Waals surface area contributed by atoms with Crippen molar-refractivity contribution in [3.8, 4) is 0 Å². The molecule has 2 aromatic rings. The van der Waals surface area contributed by atoms with E-state index in [-0.39, 0.29) is 0 Å². The molecule has 0 amide bonds. The molecule has 20 heavy (non-hydrogen) atoms. The number of thioether (sulfide) groups is 1. The van der Waals surface area contributed by atoms with Crippen molar-refractivity contribution in [2.24, 2.45) is 0 Å². The second kappa shape index (κ2) is 6.91. The fraction of sp³-hybridized carbons (Fsp3) is 0.286. The topological polar surface area (TPSA) is 51.8 Å². The third-order valence-corrected chi connectivity index (χ3v) is 5.53. The lowest BCUT2D eigenvalue weighted by atomic mass is 10.1. The number of nitrogens with two attached hydrogens (primary N) is 1. The Morgan fingerprint density at radius 2 is 1.90 bits per heavy atom. The molecule has 0 aliphatic heterocycles. The van der Waals surface area contributed by atoms with Gasteiger partial charge in [0.15, 0.2) is 0 Å². The number of hydrogen-bond donors (Lipinski definition) is 1. The predicted molar refractivity (Wildman–Crippen MR) is 91.9 cm³/mol. The summed E-state index contributed by atoms with van der Waals surface area (Å²) >= 11 is 8.69. The van der Waals surface area contributed by atoms with Crippen LogP contribution in [0.5, 0.6) is 0 Å². The minimum atomic E-state index is 0.307. The molecule has 6 heteroatoms. The van der Waals surface area contributed by atoms with E-state index in [0.717, 1.165) is 20.5 Å². The first-order valence-corrected chi connectivity index (χ1v) is 8.75. The van der Waals surface area contributed by atoms with Crippen molar-refractivity contribution in [3.05, 3.63) is 44.7 Å². The summed E-state index contributed by atoms with van der Waals surface area (Å²) in [4.78, 5) is 10.1. The van der Waals surface area contributed by atoms with Gasteiger partial charge in [0.1, 0.15) is 11.6 Å². The maximum atomic E-state index is 5.94. The monoisotopic (exact) mass is 415 g/mol. The van der Waals surface area contributed by atoms with E-state index < -0.39 is 0 Å². The maximum Gasteiger partial charge on any atom is 0.141 e. The van der Waals surface area contributed by atoms with Gasteiger partial charge in [0.2, 0.25) is 0 Å². The number of anilines is 1. The zero-order valence-corrected chi connectivity index (χ0v) is 15.2. The second-order valence-electron chi connectivity index (χ2n) is 4.60. The number of aromatic nitrogens is 2. The van der Waals surface area contributed by atoms with Crippen LogP contribution in [0.4, 0.5) is 5.82 Å². The number of halogens is 2. The van der Waals surface area contributed by atoms with Crippen molar-refractivity contribution in [3.63, 3.8) is 0 Å². The van der Waals surface area contributed by atoms with E-state index >= 15 is 0 Å². The first-order valence-electron chi connectivity index (χ1n) is 6.18. The Kier molecular flexibility index (Phi) is 5.46. The number of benzene rings is 1. The van der Waals surface area contributed by atoms with Crippen molar-refractivity contribution in [1.29, 1.82) is 0 Å². The normalized spacial score (nSPS) is 11.1. The fourth-order valence-electron chi connectivity index (χ4n) is 1.68. The van der Waals surface area contributed by atoms with Crippen molar-refractivity contribution in [1.82, 2.24) is 9.97 Å². The summed E-state index contributed by atoms with van der Waals surface area (Å²) in [6.45, 7) is 4.19. The van der Waals surface area contributed by atoms with Gasteiger partial charge in [-0.05, 0) is 49.9 Å². The third kappa shape index (κ3) is 3.74. The molecule has 0 bridgehead atoms. The van der Waals surface area contributed by atoms with Gasteiger partial charge in [0.05, 0.1) is 15.9 Å². The highest BCUT2D eigenvalue weighted by Crippen LogP contribution is 2.31. The van der Waals surface area contributed by atoms with Crippen molar-refractivity contribution in [2.45, 2.75) is 30.4 Å². The molecule has 1 heterocycles. The third-order valence-electron chi connectivity index (χ3n) is 2.69. The van der Waals surface area contributed by atoms with Gasteiger partial charge >= 0.3 is 0 Å². The zero-order chi connectivity index (χ0) is 14.7. The highest BCUT2D eigenvalue weighted by Gasteiger charge is 2.13. The van der Waals surface area contributed by atoms with E-state index in [1.807, 2.05) is 18.2 Å². The quantitative estimate of drug-likeness (QED) is 0.712. The molecule has 1 aromatic carbocycles. The Balaban J connectivity index is 2.20. The first-order chi connectivity index (χ1) is 9.49. The van der Waals surface area contributed by atoms with Gasteiger partial charge in [-0.2, -0.15) is 0 Å². The number of rotatable bonds is 4. The molecule has 0 saturated carbocycles. The van der Waals surface area contributed by atoms with E-state index in [1.165, 1.54) is 4.90 Å². The smallest absolute Gasteiger partial charge is 0.141 e. The summed E-state index contributed by atoms with van der Waals surface area (Å²) in [5, 5.41) is 0. The summed E-state index contributed by atoms with van der Waals surface area (Å²) in [5.41, 5.74) is 6.90. The van der Waals surface area contributed by atoms with E-state index in [1.54, 1.807) is 11.8 Å². The van der Waals surface area contributed by atoms with E-state index in [4.69, 9.17) is 5.73 Å². The van der Waals surface area contributed by atoms with Crippen LogP contribution in [0.1, 0.15) is 31.3 Å². The van der Waals surface area contributed by atoms with E-state index in [2.05, 4.69) is 61.7 Å². The largest absolute Gasteiger partial charge is 0.383 e. The Morgan fingerprint density at radius 1 is 1.20 bits per heavy atom. The van der Waals surface area contributed by atoms with Crippen LogP contribution in [-0.2, 0) is 5.75 Å². The average molecular weight is 417 g/mol. The van der Waals surface area contributed by atoms with Gasteiger partial charge in [-0.3, -0.25) is 0 Å². The molecule has 0 atom stereocenters. The Bertz CT molecular complexity index is 617. The summed E-state index contributed by atoms with van der Waals surface area (Å²) in [6.07, 6.45) is 0. The Hall–Kier alpha value is -0.590. The number of nitrogen functional groups attached to an aromatic ring is 1. The summed E-state index contributed by atoms with van der Waals surface area (Å²) in [7, 11) is 0. The standard InChI is InChI=1S/C14H15Br2N3S/c1-8(2)13-12(16)14(17)19-11(18-13)7-20-10-6-4-3-5-9(10)15/h3-6,8H,7H2,1-2H3,(H2,17,18,19). The summed E-state index contributed by atoms with van der Waals surface area (Å²) in [6, 6.07) is 8.11. The minimum Gasteiger partial charge on any atom is -0.383 e.